The molecule has 3 N–H and O–H groups in total. The molecular weight excluding hydrogens is 444 g/mol. The van der Waals surface area contributed by atoms with Gasteiger partial charge in [-0.1, -0.05) is 69.3 Å². The number of alkyl carbamates (subject to hydrolysis) is 1. The predicted octanol–water partition coefficient (Wildman–Crippen LogP) is 5.09. The summed E-state index contributed by atoms with van der Waals surface area (Å²) in [5.41, 5.74) is 3.55. The highest BCUT2D eigenvalue weighted by atomic mass is 16.5. The van der Waals surface area contributed by atoms with E-state index in [0.29, 0.717) is 6.42 Å². The molecule has 0 spiro atoms. The van der Waals surface area contributed by atoms with Crippen molar-refractivity contribution >= 4 is 18.0 Å². The average molecular weight is 481 g/mol. The van der Waals surface area contributed by atoms with Crippen molar-refractivity contribution in [1.29, 1.82) is 0 Å². The fourth-order valence-electron chi connectivity index (χ4n) is 4.79. The quantitative estimate of drug-likeness (QED) is 0.464. The van der Waals surface area contributed by atoms with E-state index >= 15 is 0 Å². The number of ether oxygens (including phenoxy) is 1. The van der Waals surface area contributed by atoms with E-state index < -0.39 is 23.6 Å². The van der Waals surface area contributed by atoms with Crippen molar-refractivity contribution in [2.45, 2.75) is 71.4 Å². The highest BCUT2D eigenvalue weighted by molar-refractivity contribution is 5.80. The summed E-state index contributed by atoms with van der Waals surface area (Å²) >= 11 is 0. The van der Waals surface area contributed by atoms with Crippen molar-refractivity contribution in [2.75, 3.05) is 6.61 Å². The van der Waals surface area contributed by atoms with Gasteiger partial charge in [0.25, 0.3) is 0 Å². The van der Waals surface area contributed by atoms with Crippen molar-refractivity contribution in [3.8, 4) is 11.1 Å². The van der Waals surface area contributed by atoms with Crippen LogP contribution >= 0.6 is 0 Å². The van der Waals surface area contributed by atoms with E-state index in [1.165, 1.54) is 0 Å². The van der Waals surface area contributed by atoms with Gasteiger partial charge >= 0.3 is 12.1 Å². The van der Waals surface area contributed by atoms with Crippen LogP contribution in [0.2, 0.25) is 0 Å². The molecule has 35 heavy (non-hydrogen) atoms. The van der Waals surface area contributed by atoms with Crippen molar-refractivity contribution in [3.05, 3.63) is 59.7 Å². The molecule has 1 atom stereocenters. The van der Waals surface area contributed by atoms with Crippen molar-refractivity contribution in [1.82, 2.24) is 10.6 Å². The van der Waals surface area contributed by atoms with Gasteiger partial charge in [0.05, 0.1) is 6.42 Å². The van der Waals surface area contributed by atoms with Gasteiger partial charge in [0.15, 0.2) is 0 Å². The minimum absolute atomic E-state index is 0.0323. The normalized spacial score (nSPS) is 14.0. The summed E-state index contributed by atoms with van der Waals surface area (Å²) < 4.78 is 5.66. The maximum Gasteiger partial charge on any atom is 0.407 e. The number of carbonyl (C=O) groups is 3. The van der Waals surface area contributed by atoms with E-state index in [4.69, 9.17) is 9.84 Å². The van der Waals surface area contributed by atoms with Gasteiger partial charge in [-0.15, -0.1) is 0 Å². The number of benzene rings is 2. The molecule has 3 rings (SSSR count). The molecule has 2 amide bonds. The molecule has 0 aromatic heterocycles. The summed E-state index contributed by atoms with van der Waals surface area (Å²) in [5.74, 6) is -1.35. The van der Waals surface area contributed by atoms with Crippen molar-refractivity contribution in [2.24, 2.45) is 5.41 Å². The number of carboxylic acids is 1. The van der Waals surface area contributed by atoms with Gasteiger partial charge in [0.2, 0.25) is 5.91 Å². The van der Waals surface area contributed by atoms with E-state index in [9.17, 15) is 14.4 Å². The second kappa shape index (κ2) is 10.5. The van der Waals surface area contributed by atoms with Crippen LogP contribution in [0.5, 0.6) is 0 Å². The Morgan fingerprint density at radius 1 is 0.943 bits per heavy atom. The lowest BCUT2D eigenvalue weighted by atomic mass is 9.86. The fraction of sp³-hybridized carbons (Fsp3) is 0.464. The van der Waals surface area contributed by atoms with Crippen LogP contribution in [0.25, 0.3) is 11.1 Å². The van der Waals surface area contributed by atoms with Crippen LogP contribution in [-0.2, 0) is 14.3 Å². The topological polar surface area (TPSA) is 105 Å². The largest absolute Gasteiger partial charge is 0.481 e. The summed E-state index contributed by atoms with van der Waals surface area (Å²) in [6.07, 6.45) is -0.171. The Kier molecular flexibility index (Phi) is 7.88. The van der Waals surface area contributed by atoms with Gasteiger partial charge in [-0.3, -0.25) is 9.59 Å². The molecule has 1 unspecified atom stereocenters. The third-order valence-electron chi connectivity index (χ3n) is 6.03. The lowest BCUT2D eigenvalue weighted by Crippen LogP contribution is -2.48. The van der Waals surface area contributed by atoms with Crippen LogP contribution in [0.3, 0.4) is 0 Å². The lowest BCUT2D eigenvalue weighted by Gasteiger charge is -2.29. The van der Waals surface area contributed by atoms with Crippen molar-refractivity contribution < 1.29 is 24.2 Å². The van der Waals surface area contributed by atoms with Gasteiger partial charge in [0, 0.05) is 23.9 Å². The first kappa shape index (κ1) is 26.3. The van der Waals surface area contributed by atoms with Crippen LogP contribution in [0.15, 0.2) is 48.5 Å². The van der Waals surface area contributed by atoms with Crippen LogP contribution in [-0.4, -0.2) is 41.3 Å². The molecule has 0 aliphatic heterocycles. The first-order chi connectivity index (χ1) is 16.3. The lowest BCUT2D eigenvalue weighted by molar-refractivity contribution is -0.138. The van der Waals surface area contributed by atoms with E-state index in [1.54, 1.807) is 13.8 Å². The summed E-state index contributed by atoms with van der Waals surface area (Å²) in [6, 6.07) is 15.8. The fourth-order valence-corrected chi connectivity index (χ4v) is 4.79. The number of hydrogen-bond donors (Lipinski definition) is 3. The predicted molar refractivity (Wildman–Crippen MR) is 135 cm³/mol. The highest BCUT2D eigenvalue weighted by Gasteiger charge is 2.31. The molecule has 2 aromatic rings. The standard InChI is InChI=1S/C28H36N2O5/c1-27(2,3)15-18(14-24(31)30-28(4,5)16-25(32)33)29-26(34)35-17-23-21-12-8-6-10-19(21)20-11-7-9-13-22(20)23/h6-13,18,23H,14-17H2,1-5H3,(H,29,34)(H,30,31)(H,32,33). The maximum absolute atomic E-state index is 12.8. The number of hydrogen-bond acceptors (Lipinski definition) is 4. The molecule has 7 nitrogen and oxygen atoms in total. The van der Waals surface area contributed by atoms with Crippen molar-refractivity contribution in [3.63, 3.8) is 0 Å². The first-order valence-corrected chi connectivity index (χ1v) is 12.0. The highest BCUT2D eigenvalue weighted by Crippen LogP contribution is 2.44. The summed E-state index contributed by atoms with van der Waals surface area (Å²) in [4.78, 5) is 36.5. The van der Waals surface area contributed by atoms with Crippen LogP contribution < -0.4 is 10.6 Å². The number of aliphatic carboxylic acids is 1. The average Bonchev–Trinajstić information content (AvgIpc) is 3.03. The van der Waals surface area contributed by atoms with Gasteiger partial charge in [-0.05, 0) is 47.9 Å². The zero-order valence-corrected chi connectivity index (χ0v) is 21.2. The van der Waals surface area contributed by atoms with Crippen LogP contribution in [0.4, 0.5) is 4.79 Å². The molecule has 0 saturated heterocycles. The Labute approximate surface area is 207 Å². The van der Waals surface area contributed by atoms with Gasteiger partial charge in [-0.2, -0.15) is 0 Å². The molecule has 0 saturated carbocycles. The van der Waals surface area contributed by atoms with Crippen LogP contribution in [0.1, 0.15) is 70.9 Å². The number of fused-ring (bicyclic) bond motifs is 3. The molecule has 2 aromatic carbocycles. The minimum Gasteiger partial charge on any atom is -0.481 e. The molecule has 1 aliphatic rings. The smallest absolute Gasteiger partial charge is 0.407 e. The van der Waals surface area contributed by atoms with E-state index in [1.807, 2.05) is 45.0 Å². The molecule has 0 heterocycles. The second-order valence-corrected chi connectivity index (χ2v) is 11.1. The molecule has 7 heteroatoms. The Hall–Kier alpha value is -3.35. The van der Waals surface area contributed by atoms with E-state index in [-0.39, 0.29) is 36.7 Å². The Balaban J connectivity index is 1.64. The minimum atomic E-state index is -0.988. The third-order valence-corrected chi connectivity index (χ3v) is 6.03. The Bertz CT molecular complexity index is 1040. The molecular formula is C28H36N2O5. The zero-order valence-electron chi connectivity index (χ0n) is 21.2. The van der Waals surface area contributed by atoms with Crippen LogP contribution in [0, 0.1) is 5.41 Å². The van der Waals surface area contributed by atoms with Gasteiger partial charge in [0.1, 0.15) is 6.61 Å². The third kappa shape index (κ3) is 7.31. The number of carbonyl (C=O) groups excluding carboxylic acids is 2. The number of rotatable bonds is 9. The molecule has 1 aliphatic carbocycles. The second-order valence-electron chi connectivity index (χ2n) is 11.1. The number of nitrogens with one attached hydrogen (secondary N) is 2. The first-order valence-electron chi connectivity index (χ1n) is 12.0. The van der Waals surface area contributed by atoms with E-state index in [2.05, 4.69) is 34.9 Å². The monoisotopic (exact) mass is 480 g/mol. The molecule has 188 valence electrons. The summed E-state index contributed by atoms with van der Waals surface area (Å²) in [6.45, 7) is 9.62. The molecule has 0 bridgehead atoms. The SMILES string of the molecule is CC(C)(C)CC(CC(=O)NC(C)(C)CC(=O)O)NC(=O)OCC1c2ccccc2-c2ccccc21. The molecule has 0 radical (unpaired) electrons. The maximum atomic E-state index is 12.8. The number of amides is 2. The Morgan fingerprint density at radius 2 is 1.49 bits per heavy atom. The zero-order chi connectivity index (χ0) is 25.8. The summed E-state index contributed by atoms with van der Waals surface area (Å²) in [5, 5.41) is 14.7. The Morgan fingerprint density at radius 3 is 2.00 bits per heavy atom. The van der Waals surface area contributed by atoms with Gasteiger partial charge in [-0.25, -0.2) is 4.79 Å². The molecule has 0 fully saturated rings. The summed E-state index contributed by atoms with van der Waals surface area (Å²) in [7, 11) is 0. The number of carboxylic acid groups (broad SMARTS) is 1. The van der Waals surface area contributed by atoms with E-state index in [0.717, 1.165) is 22.3 Å². The van der Waals surface area contributed by atoms with Gasteiger partial charge < -0.3 is 20.5 Å².